The van der Waals surface area contributed by atoms with Gasteiger partial charge in [-0.1, -0.05) is 28.1 Å². The molecular weight excluding hydrogens is 406 g/mol. The van der Waals surface area contributed by atoms with Crippen molar-refractivity contribution in [2.45, 2.75) is 0 Å². The second-order valence-electron chi connectivity index (χ2n) is 4.99. The van der Waals surface area contributed by atoms with Crippen molar-refractivity contribution < 1.29 is 19.1 Å². The number of anilines is 1. The molecule has 126 valence electrons. The maximum Gasteiger partial charge on any atom is 0.249 e. The van der Waals surface area contributed by atoms with Gasteiger partial charge in [-0.25, -0.2) is 0 Å². The topological polar surface area (TPSA) is 82.4 Å². The lowest BCUT2D eigenvalue weighted by Gasteiger charge is -2.09. The number of rotatable bonds is 5. The van der Waals surface area contributed by atoms with Gasteiger partial charge in [0.25, 0.3) is 0 Å². The number of furan rings is 1. The largest absolute Gasteiger partial charge is 0.545 e. The highest BCUT2D eigenvalue weighted by molar-refractivity contribution is 9.10. The fourth-order valence-corrected chi connectivity index (χ4v) is 3.42. The first-order chi connectivity index (χ1) is 12.0. The Morgan fingerprint density at radius 1 is 1.20 bits per heavy atom. The van der Waals surface area contributed by atoms with Crippen LogP contribution in [0.3, 0.4) is 0 Å². The Hall–Kier alpha value is -2.64. The third-order valence-electron chi connectivity index (χ3n) is 3.33. The van der Waals surface area contributed by atoms with Gasteiger partial charge in [-0.2, -0.15) is 0 Å². The van der Waals surface area contributed by atoms with E-state index < -0.39 is 11.9 Å². The molecule has 0 saturated heterocycles. The summed E-state index contributed by atoms with van der Waals surface area (Å²) in [6.45, 7) is 0. The third-order valence-corrected chi connectivity index (χ3v) is 4.75. The molecule has 0 aliphatic heterocycles. The SMILES string of the molecule is O=C(/C=C/c1ccco1)Nc1scc(-c2ccc(Br)cc2)c1C(=O)[O-]. The number of carboxylic acid groups (broad SMARTS) is 1. The Morgan fingerprint density at radius 3 is 2.60 bits per heavy atom. The zero-order chi connectivity index (χ0) is 17.8. The molecule has 2 aromatic heterocycles. The van der Waals surface area contributed by atoms with E-state index in [1.54, 1.807) is 29.6 Å². The Labute approximate surface area is 155 Å². The van der Waals surface area contributed by atoms with E-state index in [2.05, 4.69) is 21.2 Å². The molecule has 0 atom stereocenters. The molecule has 2 heterocycles. The molecule has 5 nitrogen and oxygen atoms in total. The van der Waals surface area contributed by atoms with E-state index >= 15 is 0 Å². The van der Waals surface area contributed by atoms with Gasteiger partial charge in [-0.15, -0.1) is 11.3 Å². The fourth-order valence-electron chi connectivity index (χ4n) is 2.19. The van der Waals surface area contributed by atoms with E-state index in [0.717, 1.165) is 21.4 Å². The smallest absolute Gasteiger partial charge is 0.249 e. The predicted molar refractivity (Wildman–Crippen MR) is 98.2 cm³/mol. The summed E-state index contributed by atoms with van der Waals surface area (Å²) in [5, 5.41) is 16.1. The minimum absolute atomic E-state index is 0.0351. The van der Waals surface area contributed by atoms with Crippen LogP contribution in [0.15, 0.2) is 63.0 Å². The summed E-state index contributed by atoms with van der Waals surface area (Å²) in [6, 6.07) is 10.6. The van der Waals surface area contributed by atoms with Gasteiger partial charge in [-0.3, -0.25) is 4.79 Å². The summed E-state index contributed by atoms with van der Waals surface area (Å²) in [4.78, 5) is 23.6. The van der Waals surface area contributed by atoms with Gasteiger partial charge in [0.1, 0.15) is 10.8 Å². The van der Waals surface area contributed by atoms with Crippen LogP contribution < -0.4 is 10.4 Å². The standard InChI is InChI=1S/C18H12BrNO4S/c19-12-5-3-11(4-6-12)14-10-25-17(16(14)18(22)23)20-15(21)8-7-13-2-1-9-24-13/h1-10H,(H,20,21)(H,22,23)/p-1/b8-7+. The van der Waals surface area contributed by atoms with Crippen LogP contribution in [0.2, 0.25) is 0 Å². The van der Waals surface area contributed by atoms with Crippen LogP contribution in [0.5, 0.6) is 0 Å². The molecule has 0 saturated carbocycles. The zero-order valence-electron chi connectivity index (χ0n) is 12.7. The third kappa shape index (κ3) is 4.07. The monoisotopic (exact) mass is 416 g/mol. The molecule has 0 unspecified atom stereocenters. The molecule has 1 N–H and O–H groups in total. The van der Waals surface area contributed by atoms with Gasteiger partial charge in [-0.05, 0) is 35.9 Å². The molecule has 3 rings (SSSR count). The average Bonchev–Trinajstić information content (AvgIpc) is 3.23. The molecule has 3 aromatic rings. The van der Waals surface area contributed by atoms with Crippen molar-refractivity contribution in [2.75, 3.05) is 5.32 Å². The number of aromatic carboxylic acids is 1. The van der Waals surface area contributed by atoms with Crippen molar-refractivity contribution >= 4 is 50.2 Å². The number of halogens is 1. The molecule has 0 aliphatic rings. The highest BCUT2D eigenvalue weighted by Gasteiger charge is 2.15. The van der Waals surface area contributed by atoms with Crippen LogP contribution in [-0.4, -0.2) is 11.9 Å². The number of benzene rings is 1. The highest BCUT2D eigenvalue weighted by Crippen LogP contribution is 2.35. The predicted octanol–water partition coefficient (Wildman–Crippen LogP) is 3.79. The van der Waals surface area contributed by atoms with E-state index in [4.69, 9.17) is 4.42 Å². The molecule has 0 spiro atoms. The van der Waals surface area contributed by atoms with Crippen molar-refractivity contribution in [3.8, 4) is 11.1 Å². The number of hydrogen-bond acceptors (Lipinski definition) is 5. The van der Waals surface area contributed by atoms with Crippen molar-refractivity contribution in [2.24, 2.45) is 0 Å². The second-order valence-corrected chi connectivity index (χ2v) is 6.78. The van der Waals surface area contributed by atoms with E-state index in [1.165, 1.54) is 18.4 Å². The Morgan fingerprint density at radius 2 is 1.96 bits per heavy atom. The van der Waals surface area contributed by atoms with Gasteiger partial charge in [0.2, 0.25) is 5.91 Å². The van der Waals surface area contributed by atoms with Gasteiger partial charge < -0.3 is 19.6 Å². The average molecular weight is 417 g/mol. The normalized spacial score (nSPS) is 10.9. The Balaban J connectivity index is 1.85. The second kappa shape index (κ2) is 7.50. The lowest BCUT2D eigenvalue weighted by atomic mass is 10.0. The molecule has 0 aliphatic carbocycles. The van der Waals surface area contributed by atoms with Crippen molar-refractivity contribution in [3.63, 3.8) is 0 Å². The molecule has 1 amide bonds. The van der Waals surface area contributed by atoms with Crippen molar-refractivity contribution in [1.29, 1.82) is 0 Å². The molecular formula is C18H11BrNO4S-. The van der Waals surface area contributed by atoms with Gasteiger partial charge in [0, 0.05) is 27.1 Å². The summed E-state index contributed by atoms with van der Waals surface area (Å²) >= 11 is 4.47. The van der Waals surface area contributed by atoms with Crippen LogP contribution >= 0.6 is 27.3 Å². The summed E-state index contributed by atoms with van der Waals surface area (Å²) in [5.41, 5.74) is 1.19. The molecule has 1 aromatic carbocycles. The van der Waals surface area contributed by atoms with E-state index in [1.807, 2.05) is 12.1 Å². The summed E-state index contributed by atoms with van der Waals surface area (Å²) in [7, 11) is 0. The molecule has 0 radical (unpaired) electrons. The molecule has 7 heteroatoms. The van der Waals surface area contributed by atoms with E-state index in [0.29, 0.717) is 11.3 Å². The van der Waals surface area contributed by atoms with Crippen LogP contribution in [-0.2, 0) is 4.79 Å². The van der Waals surface area contributed by atoms with Crippen molar-refractivity contribution in [1.82, 2.24) is 0 Å². The number of thiophene rings is 1. The number of hydrogen-bond donors (Lipinski definition) is 1. The van der Waals surface area contributed by atoms with E-state index in [9.17, 15) is 14.7 Å². The van der Waals surface area contributed by atoms with Crippen LogP contribution in [0.4, 0.5) is 5.00 Å². The summed E-state index contributed by atoms with van der Waals surface area (Å²) in [5.74, 6) is -1.27. The summed E-state index contributed by atoms with van der Waals surface area (Å²) in [6.07, 6.45) is 4.27. The first kappa shape index (κ1) is 17.2. The Kier molecular flexibility index (Phi) is 5.16. The summed E-state index contributed by atoms with van der Waals surface area (Å²) < 4.78 is 5.98. The lowest BCUT2D eigenvalue weighted by Crippen LogP contribution is -2.24. The minimum atomic E-state index is -1.34. The maximum absolute atomic E-state index is 12.0. The number of carbonyl (C=O) groups is 2. The molecule has 25 heavy (non-hydrogen) atoms. The molecule has 0 bridgehead atoms. The van der Waals surface area contributed by atoms with Gasteiger partial charge in [0.15, 0.2) is 0 Å². The number of carboxylic acids is 1. The minimum Gasteiger partial charge on any atom is -0.545 e. The van der Waals surface area contributed by atoms with Gasteiger partial charge in [0.05, 0.1) is 12.2 Å². The highest BCUT2D eigenvalue weighted by atomic mass is 79.9. The number of nitrogens with one attached hydrogen (secondary N) is 1. The van der Waals surface area contributed by atoms with Gasteiger partial charge >= 0.3 is 0 Å². The number of amides is 1. The quantitative estimate of drug-likeness (QED) is 0.641. The van der Waals surface area contributed by atoms with Crippen LogP contribution in [0, 0.1) is 0 Å². The van der Waals surface area contributed by atoms with Crippen LogP contribution in [0.25, 0.3) is 17.2 Å². The first-order valence-electron chi connectivity index (χ1n) is 7.16. The zero-order valence-corrected chi connectivity index (χ0v) is 15.1. The first-order valence-corrected chi connectivity index (χ1v) is 8.83. The lowest BCUT2D eigenvalue weighted by molar-refractivity contribution is -0.254. The number of carbonyl (C=O) groups excluding carboxylic acids is 2. The molecule has 0 fully saturated rings. The van der Waals surface area contributed by atoms with Crippen molar-refractivity contribution in [3.05, 3.63) is 69.9 Å². The van der Waals surface area contributed by atoms with E-state index in [-0.39, 0.29) is 10.6 Å². The fraction of sp³-hybridized carbons (Fsp3) is 0. The van der Waals surface area contributed by atoms with Crippen LogP contribution in [0.1, 0.15) is 16.1 Å². The maximum atomic E-state index is 12.0. The Bertz CT molecular complexity index is 927.